The number of hydrogen-bond acceptors (Lipinski definition) is 3. The lowest BCUT2D eigenvalue weighted by Crippen LogP contribution is -2.21. The van der Waals surface area contributed by atoms with E-state index in [1.165, 1.54) is 0 Å². The number of benzene rings is 1. The fraction of sp³-hybridized carbons (Fsp3) is 0.417. The van der Waals surface area contributed by atoms with Gasteiger partial charge < -0.3 is 19.8 Å². The summed E-state index contributed by atoms with van der Waals surface area (Å²) in [7, 11) is -4.64. The molecule has 0 amide bonds. The Morgan fingerprint density at radius 1 is 1.16 bits per heavy atom. The summed E-state index contributed by atoms with van der Waals surface area (Å²) in [5.74, 6) is 0.243. The maximum Gasteiger partial charge on any atom is 0.466 e. The first-order valence-corrected chi connectivity index (χ1v) is 7.24. The van der Waals surface area contributed by atoms with Crippen molar-refractivity contribution in [2.75, 3.05) is 0 Å². The minimum absolute atomic E-state index is 0.243. The molecule has 0 saturated carbocycles. The van der Waals surface area contributed by atoms with E-state index in [1.54, 1.807) is 12.1 Å². The molecule has 0 aliphatic rings. The second-order valence-corrected chi connectivity index (χ2v) is 4.99. The minimum Gasteiger partial charge on any atom is -0.508 e. The zero-order valence-electron chi connectivity index (χ0n) is 10.8. The fourth-order valence-electron chi connectivity index (χ4n) is 1.66. The second kappa shape index (κ2) is 7.27. The van der Waals surface area contributed by atoms with Gasteiger partial charge in [0.2, 0.25) is 0 Å². The van der Waals surface area contributed by atoms with Crippen LogP contribution in [0.1, 0.15) is 32.3 Å². The molecular formula is C12H18NO5P. The summed E-state index contributed by atoms with van der Waals surface area (Å²) in [6, 6.07) is 9.28. The molecule has 19 heavy (non-hydrogen) atoms. The van der Waals surface area contributed by atoms with Crippen molar-refractivity contribution in [3.8, 4) is 11.8 Å². The molecule has 1 rings (SSSR count). The highest BCUT2D eigenvalue weighted by Gasteiger charge is 2.27. The Labute approximate surface area is 112 Å². The molecule has 0 unspecified atom stereocenters. The number of phenols is 1. The van der Waals surface area contributed by atoms with Crippen LogP contribution in [0.15, 0.2) is 24.3 Å². The Morgan fingerprint density at radius 3 is 1.79 bits per heavy atom. The van der Waals surface area contributed by atoms with Gasteiger partial charge in [-0.3, -0.25) is 0 Å². The average molecular weight is 287 g/mol. The molecule has 0 aromatic heterocycles. The van der Waals surface area contributed by atoms with Crippen LogP contribution in [-0.4, -0.2) is 19.8 Å². The molecule has 0 atom stereocenters. The van der Waals surface area contributed by atoms with Crippen molar-refractivity contribution >= 4 is 7.82 Å². The van der Waals surface area contributed by atoms with E-state index in [1.807, 2.05) is 26.0 Å². The van der Waals surface area contributed by atoms with E-state index < -0.39 is 13.2 Å². The predicted molar refractivity (Wildman–Crippen MR) is 70.2 cm³/mol. The number of phenolic OH excluding ortho intramolecular Hbond substituents is 1. The molecule has 0 aliphatic carbocycles. The number of nitriles is 1. The molecule has 6 nitrogen and oxygen atoms in total. The summed E-state index contributed by atoms with van der Waals surface area (Å²) >= 11 is 0. The van der Waals surface area contributed by atoms with Crippen LogP contribution in [0, 0.1) is 11.3 Å². The summed E-state index contributed by atoms with van der Waals surface area (Å²) in [6.07, 6.45) is 1.59. The Hall–Kier alpha value is -1.38. The number of nitrogens with zero attached hydrogens (tertiary/aromatic N) is 1. The normalized spacial score (nSPS) is 11.2. The third kappa shape index (κ3) is 6.37. The topological polar surface area (TPSA) is 122 Å². The zero-order chi connectivity index (χ0) is 15.1. The summed E-state index contributed by atoms with van der Waals surface area (Å²) in [5.41, 5.74) is 0.594. The summed E-state index contributed by atoms with van der Waals surface area (Å²) in [4.78, 5) is 21.6. The van der Waals surface area contributed by atoms with Crippen molar-refractivity contribution < 1.29 is 24.4 Å². The molecule has 0 bridgehead atoms. The molecule has 4 N–H and O–H groups in total. The molecule has 0 aliphatic heterocycles. The zero-order valence-corrected chi connectivity index (χ0v) is 11.7. The van der Waals surface area contributed by atoms with Gasteiger partial charge in [-0.05, 0) is 30.5 Å². The molecule has 106 valence electrons. The van der Waals surface area contributed by atoms with Gasteiger partial charge in [-0.25, -0.2) is 4.57 Å². The molecule has 0 radical (unpaired) electrons. The maximum absolute atomic E-state index is 9.19. The first kappa shape index (κ1) is 17.6. The van der Waals surface area contributed by atoms with Crippen molar-refractivity contribution in [3.05, 3.63) is 29.8 Å². The predicted octanol–water partition coefficient (Wildman–Crippen LogP) is 2.04. The van der Waals surface area contributed by atoms with Crippen molar-refractivity contribution in [3.63, 3.8) is 0 Å². The van der Waals surface area contributed by atoms with E-state index in [-0.39, 0.29) is 5.75 Å². The van der Waals surface area contributed by atoms with E-state index >= 15 is 0 Å². The second-order valence-electron chi connectivity index (χ2n) is 3.96. The Kier molecular flexibility index (Phi) is 6.74. The van der Waals surface area contributed by atoms with Crippen LogP contribution in [0.4, 0.5) is 0 Å². The first-order chi connectivity index (χ1) is 8.68. The van der Waals surface area contributed by atoms with Crippen molar-refractivity contribution in [1.29, 1.82) is 5.26 Å². The van der Waals surface area contributed by atoms with Gasteiger partial charge in [-0.1, -0.05) is 26.0 Å². The van der Waals surface area contributed by atoms with Crippen LogP contribution < -0.4 is 0 Å². The standard InChI is InChI=1S/C12H15NO.H3O4P/c1-3-12(4-2,9-13)10-5-7-11(14)8-6-10;1-5(2,3)4/h5-8,14H,3-4H2,1-2H3;(H3,1,2,3,4). The fourth-order valence-corrected chi connectivity index (χ4v) is 1.66. The molecule has 7 heteroatoms. The highest BCUT2D eigenvalue weighted by Crippen LogP contribution is 2.31. The average Bonchev–Trinajstić information content (AvgIpc) is 2.32. The molecule has 0 saturated heterocycles. The molecular weight excluding hydrogens is 269 g/mol. The maximum atomic E-state index is 9.19. The number of rotatable bonds is 3. The van der Waals surface area contributed by atoms with Gasteiger partial charge in [-0.15, -0.1) is 0 Å². The number of hydrogen-bond donors (Lipinski definition) is 4. The van der Waals surface area contributed by atoms with E-state index in [0.29, 0.717) is 0 Å². The Morgan fingerprint density at radius 2 is 1.53 bits per heavy atom. The van der Waals surface area contributed by atoms with E-state index in [0.717, 1.165) is 18.4 Å². The lowest BCUT2D eigenvalue weighted by molar-refractivity contribution is 0.275. The first-order valence-electron chi connectivity index (χ1n) is 5.67. The Bertz CT molecular complexity index is 462. The summed E-state index contributed by atoms with van der Waals surface area (Å²) in [5, 5.41) is 18.3. The van der Waals surface area contributed by atoms with E-state index in [9.17, 15) is 5.26 Å². The summed E-state index contributed by atoms with van der Waals surface area (Å²) < 4.78 is 8.88. The molecule has 1 aromatic rings. The number of aromatic hydroxyl groups is 1. The van der Waals surface area contributed by atoms with Crippen molar-refractivity contribution in [2.24, 2.45) is 0 Å². The van der Waals surface area contributed by atoms with Crippen molar-refractivity contribution in [2.45, 2.75) is 32.1 Å². The lowest BCUT2D eigenvalue weighted by Gasteiger charge is -2.23. The highest BCUT2D eigenvalue weighted by atomic mass is 31.2. The molecule has 0 heterocycles. The van der Waals surface area contributed by atoms with Crippen LogP contribution in [0.3, 0.4) is 0 Å². The SMILES string of the molecule is CCC(C#N)(CC)c1ccc(O)cc1.O=P(O)(O)O. The van der Waals surface area contributed by atoms with Gasteiger partial charge in [0.1, 0.15) is 5.75 Å². The Balaban J connectivity index is 0.000000555. The minimum atomic E-state index is -4.64. The van der Waals surface area contributed by atoms with Gasteiger partial charge in [-0.2, -0.15) is 5.26 Å². The van der Waals surface area contributed by atoms with Gasteiger partial charge in [0, 0.05) is 0 Å². The van der Waals surface area contributed by atoms with Crippen LogP contribution in [0.25, 0.3) is 0 Å². The van der Waals surface area contributed by atoms with Crippen LogP contribution in [0.2, 0.25) is 0 Å². The quantitative estimate of drug-likeness (QED) is 0.631. The van der Waals surface area contributed by atoms with Gasteiger partial charge in [0.25, 0.3) is 0 Å². The van der Waals surface area contributed by atoms with Gasteiger partial charge in [0.05, 0.1) is 11.5 Å². The third-order valence-corrected chi connectivity index (χ3v) is 2.84. The summed E-state index contributed by atoms with van der Waals surface area (Å²) in [6.45, 7) is 4.03. The monoisotopic (exact) mass is 287 g/mol. The van der Waals surface area contributed by atoms with E-state index in [4.69, 9.17) is 24.4 Å². The van der Waals surface area contributed by atoms with E-state index in [2.05, 4.69) is 6.07 Å². The highest BCUT2D eigenvalue weighted by molar-refractivity contribution is 7.45. The largest absolute Gasteiger partial charge is 0.508 e. The molecule has 0 fully saturated rings. The van der Waals surface area contributed by atoms with Gasteiger partial charge >= 0.3 is 7.82 Å². The molecule has 1 aromatic carbocycles. The van der Waals surface area contributed by atoms with Gasteiger partial charge in [0.15, 0.2) is 0 Å². The number of phosphoric acid groups is 1. The van der Waals surface area contributed by atoms with Crippen molar-refractivity contribution in [1.82, 2.24) is 0 Å². The van der Waals surface area contributed by atoms with Crippen LogP contribution in [-0.2, 0) is 9.98 Å². The molecule has 0 spiro atoms. The lowest BCUT2D eigenvalue weighted by atomic mass is 9.77. The smallest absolute Gasteiger partial charge is 0.466 e. The van der Waals surface area contributed by atoms with Crippen LogP contribution in [0.5, 0.6) is 5.75 Å². The van der Waals surface area contributed by atoms with Crippen LogP contribution >= 0.6 is 7.82 Å². The third-order valence-electron chi connectivity index (χ3n) is 2.84.